The van der Waals surface area contributed by atoms with E-state index in [9.17, 15) is 4.79 Å². The predicted octanol–water partition coefficient (Wildman–Crippen LogP) is 4.48. The number of carbonyl (C=O) groups is 1. The van der Waals surface area contributed by atoms with Crippen LogP contribution in [0.2, 0.25) is 0 Å². The number of rotatable bonds is 6. The van der Waals surface area contributed by atoms with Crippen molar-refractivity contribution >= 4 is 17.2 Å². The fourth-order valence-electron chi connectivity index (χ4n) is 3.06. The Labute approximate surface area is 168 Å². The van der Waals surface area contributed by atoms with Crippen molar-refractivity contribution in [1.29, 1.82) is 0 Å². The molecule has 0 radical (unpaired) electrons. The highest BCUT2D eigenvalue weighted by Crippen LogP contribution is 2.26. The van der Waals surface area contributed by atoms with Gasteiger partial charge in [-0.05, 0) is 55.0 Å². The number of ether oxygens (including phenoxy) is 2. The summed E-state index contributed by atoms with van der Waals surface area (Å²) in [6.07, 6.45) is 3.87. The molecule has 0 aliphatic rings. The van der Waals surface area contributed by atoms with Crippen molar-refractivity contribution in [2.75, 3.05) is 12.4 Å². The Hall–Kier alpha value is -3.80. The molecular formula is C23H21N3O3. The first-order valence-electron chi connectivity index (χ1n) is 9.24. The van der Waals surface area contributed by atoms with Crippen molar-refractivity contribution in [3.05, 3.63) is 89.9 Å². The lowest BCUT2D eigenvalue weighted by Crippen LogP contribution is -2.13. The largest absolute Gasteiger partial charge is 0.495 e. The molecule has 29 heavy (non-hydrogen) atoms. The summed E-state index contributed by atoms with van der Waals surface area (Å²) in [5, 5.41) is 2.90. The second-order valence-electron chi connectivity index (χ2n) is 6.67. The number of hydrogen-bond donors (Lipinski definition) is 1. The number of imidazole rings is 1. The third kappa shape index (κ3) is 4.21. The molecule has 4 rings (SSSR count). The Morgan fingerprint density at radius 3 is 2.83 bits per heavy atom. The lowest BCUT2D eigenvalue weighted by atomic mass is 10.1. The Morgan fingerprint density at radius 1 is 1.10 bits per heavy atom. The van der Waals surface area contributed by atoms with Crippen molar-refractivity contribution in [2.24, 2.45) is 0 Å². The maximum absolute atomic E-state index is 12.7. The van der Waals surface area contributed by atoms with Crippen LogP contribution in [0.5, 0.6) is 11.5 Å². The molecule has 0 spiro atoms. The number of carbonyl (C=O) groups excluding carboxylic acids is 1. The van der Waals surface area contributed by atoms with Gasteiger partial charge in [0.15, 0.2) is 0 Å². The predicted molar refractivity (Wildman–Crippen MR) is 112 cm³/mol. The standard InChI is InChI=1S/C23H21N3O3/c1-16-9-10-21(28-2)20(12-16)25-23(27)17-6-5-7-19(13-17)29-15-18-14-26-11-4-3-8-22(26)24-18/h3-14H,15H2,1-2H3,(H,25,27). The highest BCUT2D eigenvalue weighted by atomic mass is 16.5. The number of hydrogen-bond acceptors (Lipinski definition) is 4. The summed E-state index contributed by atoms with van der Waals surface area (Å²) in [4.78, 5) is 17.2. The van der Waals surface area contributed by atoms with E-state index in [-0.39, 0.29) is 5.91 Å². The molecular weight excluding hydrogens is 366 g/mol. The molecule has 0 aliphatic heterocycles. The molecule has 6 nitrogen and oxygen atoms in total. The monoisotopic (exact) mass is 387 g/mol. The van der Waals surface area contributed by atoms with E-state index in [1.165, 1.54) is 0 Å². The zero-order valence-electron chi connectivity index (χ0n) is 16.3. The van der Waals surface area contributed by atoms with Gasteiger partial charge in [0.2, 0.25) is 0 Å². The topological polar surface area (TPSA) is 64.9 Å². The van der Waals surface area contributed by atoms with Crippen molar-refractivity contribution < 1.29 is 14.3 Å². The number of benzene rings is 2. The van der Waals surface area contributed by atoms with E-state index in [4.69, 9.17) is 9.47 Å². The average molecular weight is 387 g/mol. The SMILES string of the molecule is COc1ccc(C)cc1NC(=O)c1cccc(OCc2cn3ccccc3n2)c1. The number of nitrogens with one attached hydrogen (secondary N) is 1. The molecule has 2 aromatic carbocycles. The third-order valence-electron chi connectivity index (χ3n) is 4.50. The molecule has 4 aromatic rings. The van der Waals surface area contributed by atoms with Crippen LogP contribution in [-0.4, -0.2) is 22.4 Å². The summed E-state index contributed by atoms with van der Waals surface area (Å²) in [5.74, 6) is 0.987. The van der Waals surface area contributed by atoms with Crippen LogP contribution in [-0.2, 0) is 6.61 Å². The van der Waals surface area contributed by atoms with E-state index in [0.29, 0.717) is 29.4 Å². The minimum atomic E-state index is -0.230. The number of nitrogens with zero attached hydrogens (tertiary/aromatic N) is 2. The molecule has 1 amide bonds. The zero-order valence-corrected chi connectivity index (χ0v) is 16.3. The molecule has 0 fully saturated rings. The summed E-state index contributed by atoms with van der Waals surface area (Å²) in [6, 6.07) is 18.5. The van der Waals surface area contributed by atoms with Crippen molar-refractivity contribution in [3.63, 3.8) is 0 Å². The number of fused-ring (bicyclic) bond motifs is 1. The van der Waals surface area contributed by atoms with Gasteiger partial charge in [0.05, 0.1) is 18.5 Å². The number of aryl methyl sites for hydroxylation is 1. The molecule has 0 saturated heterocycles. The number of anilines is 1. The smallest absolute Gasteiger partial charge is 0.255 e. The normalized spacial score (nSPS) is 10.7. The van der Waals surface area contributed by atoms with Crippen molar-refractivity contribution in [1.82, 2.24) is 9.38 Å². The van der Waals surface area contributed by atoms with Gasteiger partial charge in [-0.3, -0.25) is 4.79 Å². The summed E-state index contributed by atoms with van der Waals surface area (Å²) < 4.78 is 13.1. The van der Waals surface area contributed by atoms with E-state index in [1.54, 1.807) is 25.3 Å². The zero-order chi connectivity index (χ0) is 20.2. The van der Waals surface area contributed by atoms with Gasteiger partial charge in [0, 0.05) is 18.0 Å². The molecule has 0 unspecified atom stereocenters. The maximum Gasteiger partial charge on any atom is 0.255 e. The second-order valence-corrected chi connectivity index (χ2v) is 6.67. The van der Waals surface area contributed by atoms with Crippen LogP contribution >= 0.6 is 0 Å². The van der Waals surface area contributed by atoms with Crippen LogP contribution in [0.3, 0.4) is 0 Å². The van der Waals surface area contributed by atoms with Gasteiger partial charge >= 0.3 is 0 Å². The minimum absolute atomic E-state index is 0.230. The van der Waals surface area contributed by atoms with E-state index in [0.717, 1.165) is 16.9 Å². The Kier molecular flexibility index (Phi) is 5.16. The van der Waals surface area contributed by atoms with Gasteiger partial charge in [0.1, 0.15) is 23.8 Å². The fourth-order valence-corrected chi connectivity index (χ4v) is 3.06. The molecule has 0 atom stereocenters. The Morgan fingerprint density at radius 2 is 2.00 bits per heavy atom. The lowest BCUT2D eigenvalue weighted by Gasteiger charge is -2.12. The van der Waals surface area contributed by atoms with Crippen molar-refractivity contribution in [3.8, 4) is 11.5 Å². The second kappa shape index (κ2) is 8.06. The Balaban J connectivity index is 1.46. The number of methoxy groups -OCH3 is 1. The number of aromatic nitrogens is 2. The third-order valence-corrected chi connectivity index (χ3v) is 4.50. The highest BCUT2D eigenvalue weighted by Gasteiger charge is 2.11. The summed E-state index contributed by atoms with van der Waals surface area (Å²) in [5.41, 5.74) is 3.85. The molecule has 2 heterocycles. The molecule has 0 aliphatic carbocycles. The van der Waals surface area contributed by atoms with Crippen LogP contribution in [0.1, 0.15) is 21.6 Å². The van der Waals surface area contributed by atoms with Crippen molar-refractivity contribution in [2.45, 2.75) is 13.5 Å². The first-order valence-corrected chi connectivity index (χ1v) is 9.24. The van der Waals surface area contributed by atoms with Crippen LogP contribution in [0.4, 0.5) is 5.69 Å². The first kappa shape index (κ1) is 18.6. The summed E-state index contributed by atoms with van der Waals surface area (Å²) in [7, 11) is 1.58. The van der Waals surface area contributed by atoms with E-state index >= 15 is 0 Å². The quantitative estimate of drug-likeness (QED) is 0.530. The van der Waals surface area contributed by atoms with E-state index in [2.05, 4.69) is 10.3 Å². The molecule has 0 saturated carbocycles. The summed E-state index contributed by atoms with van der Waals surface area (Å²) in [6.45, 7) is 2.28. The lowest BCUT2D eigenvalue weighted by molar-refractivity contribution is 0.102. The van der Waals surface area contributed by atoms with Crippen LogP contribution in [0, 0.1) is 6.92 Å². The van der Waals surface area contributed by atoms with Gasteiger partial charge < -0.3 is 19.2 Å². The number of pyridine rings is 1. The molecule has 6 heteroatoms. The van der Waals surface area contributed by atoms with Crippen LogP contribution in [0.25, 0.3) is 5.65 Å². The van der Waals surface area contributed by atoms with E-state index < -0.39 is 0 Å². The van der Waals surface area contributed by atoms with Crippen LogP contribution in [0.15, 0.2) is 73.1 Å². The maximum atomic E-state index is 12.7. The average Bonchev–Trinajstić information content (AvgIpc) is 3.16. The highest BCUT2D eigenvalue weighted by molar-refractivity contribution is 6.05. The summed E-state index contributed by atoms with van der Waals surface area (Å²) >= 11 is 0. The van der Waals surface area contributed by atoms with Gasteiger partial charge in [0.25, 0.3) is 5.91 Å². The van der Waals surface area contributed by atoms with Crippen LogP contribution < -0.4 is 14.8 Å². The minimum Gasteiger partial charge on any atom is -0.495 e. The number of amides is 1. The molecule has 0 bridgehead atoms. The molecule has 2 aromatic heterocycles. The van der Waals surface area contributed by atoms with Gasteiger partial charge in [-0.1, -0.05) is 18.2 Å². The van der Waals surface area contributed by atoms with Gasteiger partial charge in [-0.2, -0.15) is 0 Å². The Bertz CT molecular complexity index is 1130. The fraction of sp³-hybridized carbons (Fsp3) is 0.130. The van der Waals surface area contributed by atoms with Gasteiger partial charge in [-0.25, -0.2) is 4.98 Å². The van der Waals surface area contributed by atoms with E-state index in [1.807, 2.05) is 66.2 Å². The molecule has 146 valence electrons. The van der Waals surface area contributed by atoms with Gasteiger partial charge in [-0.15, -0.1) is 0 Å². The molecule has 1 N–H and O–H groups in total. The first-order chi connectivity index (χ1) is 14.1.